The number of rotatable bonds is 16. The maximum atomic E-state index is 13.9. The van der Waals surface area contributed by atoms with Gasteiger partial charge in [0.1, 0.15) is 28.4 Å². The van der Waals surface area contributed by atoms with Gasteiger partial charge in [-0.3, -0.25) is 38.8 Å². The van der Waals surface area contributed by atoms with Crippen molar-refractivity contribution >= 4 is 93.4 Å². The molecule has 0 bridgehead atoms. The Labute approximate surface area is 477 Å². The Bertz CT molecular complexity index is 2900. The van der Waals surface area contributed by atoms with Crippen LogP contribution in [0.5, 0.6) is 0 Å². The first-order valence-electron chi connectivity index (χ1n) is 26.8. The van der Waals surface area contributed by atoms with Crippen LogP contribution in [-0.4, -0.2) is 91.9 Å². The standard InChI is InChI=1S/C32H39Cl2N3O4.C28H31Cl2N3O4/c1-20(2)22-10-13-32(14-11-22)36-28(24-16-25(33)18-26(34)17-24)30(40)37(32)19-21-6-8-23(9-7-21)29(39)35-15-12-27(38)41-31(3,4)5;1-17(2)19-7-10-28(11-8-19)32-25(21-13-22(29)15-23(30)14-21)27(37)33(28)16-18-3-5-20(6-4-18)26(36)31-12-9-24(34)35/h6-9,16-18,20,22H,10-15,19H2,1-5H3,(H,35,39);3-6,13-15,17,19H,7-12,16H2,1-2H3,(H,31,36)(H,34,35). The second-order valence-corrected chi connectivity index (χ2v) is 24.3. The molecule has 0 saturated heterocycles. The first-order chi connectivity index (χ1) is 36.8. The molecule has 416 valence electrons. The second kappa shape index (κ2) is 25.5. The third-order valence-electron chi connectivity index (χ3n) is 15.1. The van der Waals surface area contributed by atoms with Crippen LogP contribution >= 0.6 is 46.4 Å². The van der Waals surface area contributed by atoms with Crippen molar-refractivity contribution in [1.82, 2.24) is 20.4 Å². The number of halogens is 4. The van der Waals surface area contributed by atoms with E-state index in [1.54, 1.807) is 81.4 Å². The zero-order valence-corrected chi connectivity index (χ0v) is 48.4. The fraction of sp³-hybridized carbons (Fsp3) is 0.467. The van der Waals surface area contributed by atoms with Gasteiger partial charge in [0, 0.05) is 68.5 Å². The van der Waals surface area contributed by atoms with Crippen LogP contribution in [0.15, 0.2) is 94.9 Å². The smallest absolute Gasteiger partial charge is 0.308 e. The minimum Gasteiger partial charge on any atom is -0.481 e. The number of ether oxygens (including phenoxy) is 1. The van der Waals surface area contributed by atoms with Gasteiger partial charge in [-0.1, -0.05) is 98.4 Å². The summed E-state index contributed by atoms with van der Waals surface area (Å²) in [6, 6.07) is 24.4. The number of amides is 4. The van der Waals surface area contributed by atoms with E-state index in [4.69, 9.17) is 66.2 Å². The summed E-state index contributed by atoms with van der Waals surface area (Å²) in [5.41, 5.74) is 2.87. The molecular formula is C60H70Cl4N6O8. The predicted octanol–water partition coefficient (Wildman–Crippen LogP) is 12.4. The van der Waals surface area contributed by atoms with Gasteiger partial charge in [-0.2, -0.15) is 0 Å². The highest BCUT2D eigenvalue weighted by atomic mass is 35.5. The van der Waals surface area contributed by atoms with Gasteiger partial charge in [-0.15, -0.1) is 0 Å². The largest absolute Gasteiger partial charge is 0.481 e. The molecule has 78 heavy (non-hydrogen) atoms. The van der Waals surface area contributed by atoms with E-state index in [1.807, 2.05) is 34.1 Å². The Morgan fingerprint density at radius 1 is 0.603 bits per heavy atom. The number of nitrogens with one attached hydrogen (secondary N) is 2. The van der Waals surface area contributed by atoms with E-state index in [-0.39, 0.29) is 55.5 Å². The molecule has 4 amide bonds. The first-order valence-corrected chi connectivity index (χ1v) is 28.3. The molecule has 2 saturated carbocycles. The summed E-state index contributed by atoms with van der Waals surface area (Å²) in [5.74, 6) is 0.119. The molecule has 8 rings (SSSR count). The zero-order chi connectivity index (χ0) is 56.7. The summed E-state index contributed by atoms with van der Waals surface area (Å²) in [6.45, 7) is 15.4. The van der Waals surface area contributed by atoms with Crippen LogP contribution in [0.1, 0.15) is 156 Å². The zero-order valence-electron chi connectivity index (χ0n) is 45.4. The normalized spacial score (nSPS) is 21.1. The highest BCUT2D eigenvalue weighted by Gasteiger charge is 2.51. The highest BCUT2D eigenvalue weighted by Crippen LogP contribution is 2.46. The Kier molecular flexibility index (Phi) is 19.6. The van der Waals surface area contributed by atoms with Gasteiger partial charge >= 0.3 is 11.9 Å². The van der Waals surface area contributed by atoms with Crippen LogP contribution in [0.2, 0.25) is 20.1 Å². The van der Waals surface area contributed by atoms with Crippen molar-refractivity contribution < 1.29 is 38.6 Å². The number of aliphatic carboxylic acids is 1. The van der Waals surface area contributed by atoms with E-state index in [2.05, 4.69) is 38.3 Å². The molecule has 0 radical (unpaired) electrons. The van der Waals surface area contributed by atoms with Gasteiger partial charge in [-0.25, -0.2) is 0 Å². The van der Waals surface area contributed by atoms with Crippen molar-refractivity contribution in [3.05, 3.63) is 138 Å². The van der Waals surface area contributed by atoms with Crippen LogP contribution in [0.25, 0.3) is 0 Å². The van der Waals surface area contributed by atoms with Gasteiger partial charge in [0.05, 0.1) is 12.8 Å². The SMILES string of the molecule is CC(C)C1CCC2(CC1)N=C(c1cc(Cl)cc(Cl)c1)C(=O)N2Cc1ccc(C(=O)NCCC(=O)O)cc1.CC(C)C1CCC2(CC1)N=C(c1cc(Cl)cc(Cl)c1)C(=O)N2Cc1ccc(C(=O)NCCC(=O)OC(C)(C)C)cc1. The molecule has 3 N–H and O–H groups in total. The average molecular weight is 1150 g/mol. The van der Waals surface area contributed by atoms with Crippen LogP contribution in [0.4, 0.5) is 0 Å². The number of hydrogen-bond acceptors (Lipinski definition) is 9. The minimum absolute atomic E-state index is 0.0612. The van der Waals surface area contributed by atoms with Gasteiger partial charge in [-0.05, 0) is 168 Å². The maximum absolute atomic E-state index is 13.9. The fourth-order valence-electron chi connectivity index (χ4n) is 10.8. The lowest BCUT2D eigenvalue weighted by atomic mass is 9.76. The molecular weight excluding hydrogens is 1070 g/mol. The van der Waals surface area contributed by atoms with E-state index < -0.39 is 22.9 Å². The summed E-state index contributed by atoms with van der Waals surface area (Å²) in [6.07, 6.45) is 7.07. The average Bonchev–Trinajstić information content (AvgIpc) is 4.03. The van der Waals surface area contributed by atoms with Crippen LogP contribution < -0.4 is 10.6 Å². The van der Waals surface area contributed by atoms with E-state index in [1.165, 1.54) is 0 Å². The molecule has 2 heterocycles. The van der Waals surface area contributed by atoms with Gasteiger partial charge in [0.25, 0.3) is 23.6 Å². The van der Waals surface area contributed by atoms with E-state index >= 15 is 0 Å². The summed E-state index contributed by atoms with van der Waals surface area (Å²) >= 11 is 25.0. The van der Waals surface area contributed by atoms with Crippen molar-refractivity contribution in [3.63, 3.8) is 0 Å². The number of carbonyl (C=O) groups is 6. The fourth-order valence-corrected chi connectivity index (χ4v) is 11.9. The molecule has 0 atom stereocenters. The Morgan fingerprint density at radius 3 is 1.27 bits per heavy atom. The number of carboxylic acid groups (broad SMARTS) is 1. The van der Waals surface area contributed by atoms with E-state index in [0.29, 0.717) is 90.5 Å². The summed E-state index contributed by atoms with van der Waals surface area (Å²) in [7, 11) is 0. The summed E-state index contributed by atoms with van der Waals surface area (Å²) < 4.78 is 5.28. The number of carbonyl (C=O) groups excluding carboxylic acids is 5. The van der Waals surface area contributed by atoms with Crippen LogP contribution in [0.3, 0.4) is 0 Å². The molecule has 2 fully saturated rings. The van der Waals surface area contributed by atoms with Crippen LogP contribution in [0, 0.1) is 23.7 Å². The van der Waals surface area contributed by atoms with Crippen molar-refractivity contribution in [1.29, 1.82) is 0 Å². The van der Waals surface area contributed by atoms with E-state index in [0.717, 1.165) is 62.5 Å². The van der Waals surface area contributed by atoms with Gasteiger partial charge in [0.2, 0.25) is 0 Å². The lowest BCUT2D eigenvalue weighted by Crippen LogP contribution is -2.48. The number of carboxylic acids is 1. The second-order valence-electron chi connectivity index (χ2n) is 22.5. The maximum Gasteiger partial charge on any atom is 0.308 e. The quantitative estimate of drug-likeness (QED) is 0.0925. The topological polar surface area (TPSA) is 187 Å². The molecule has 0 unspecified atom stereocenters. The summed E-state index contributed by atoms with van der Waals surface area (Å²) in [4.78, 5) is 89.0. The Morgan fingerprint density at radius 2 is 0.949 bits per heavy atom. The first kappa shape index (κ1) is 59.9. The minimum atomic E-state index is -0.969. The van der Waals surface area contributed by atoms with Crippen molar-refractivity contribution in [2.45, 2.75) is 143 Å². The molecule has 4 aromatic carbocycles. The Balaban J connectivity index is 0.000000227. The third kappa shape index (κ3) is 15.1. The number of nitrogens with zero attached hydrogens (tertiary/aromatic N) is 4. The predicted molar refractivity (Wildman–Crippen MR) is 306 cm³/mol. The van der Waals surface area contributed by atoms with E-state index in [9.17, 15) is 28.8 Å². The van der Waals surface area contributed by atoms with Crippen molar-refractivity contribution in [2.75, 3.05) is 13.1 Å². The molecule has 4 aliphatic rings. The van der Waals surface area contributed by atoms with Crippen molar-refractivity contribution in [3.8, 4) is 0 Å². The highest BCUT2D eigenvalue weighted by molar-refractivity contribution is 6.48. The van der Waals surface area contributed by atoms with Gasteiger partial charge in [0.15, 0.2) is 0 Å². The lowest BCUT2D eigenvalue weighted by molar-refractivity contribution is -0.154. The molecule has 18 heteroatoms. The lowest BCUT2D eigenvalue weighted by Gasteiger charge is -2.42. The molecule has 14 nitrogen and oxygen atoms in total. The van der Waals surface area contributed by atoms with Gasteiger partial charge < -0.3 is 30.3 Å². The number of hydrogen-bond donors (Lipinski definition) is 3. The Hall–Kier alpha value is -5.80. The van der Waals surface area contributed by atoms with Crippen molar-refractivity contribution in [2.24, 2.45) is 33.7 Å². The molecule has 2 aliphatic heterocycles. The van der Waals surface area contributed by atoms with Crippen LogP contribution in [-0.2, 0) is 37.0 Å². The number of esters is 1. The molecule has 2 aliphatic carbocycles. The molecule has 0 aromatic heterocycles. The monoisotopic (exact) mass is 1140 g/mol. The number of aliphatic imine (C=N–C) groups is 2. The summed E-state index contributed by atoms with van der Waals surface area (Å²) in [5, 5.41) is 15.9. The molecule has 4 aromatic rings. The third-order valence-corrected chi connectivity index (χ3v) is 16.0. The molecule has 2 spiro atoms. The number of benzene rings is 4.